The molecule has 2 fully saturated rings. The largest absolute Gasteiger partial charge is 0.496 e. The molecule has 0 unspecified atom stereocenters. The smallest absolute Gasteiger partial charge is 0.257 e. The molecule has 0 bridgehead atoms. The second-order valence-electron chi connectivity index (χ2n) is 8.10. The molecule has 1 aromatic carbocycles. The summed E-state index contributed by atoms with van der Waals surface area (Å²) in [5.74, 6) is 1.02. The van der Waals surface area contributed by atoms with Crippen LogP contribution in [0.2, 0.25) is 0 Å². The molecule has 1 aliphatic heterocycles. The summed E-state index contributed by atoms with van der Waals surface area (Å²) < 4.78 is 33.7. The minimum Gasteiger partial charge on any atom is -0.496 e. The van der Waals surface area contributed by atoms with Gasteiger partial charge in [-0.25, -0.2) is 13.1 Å². The zero-order valence-electron chi connectivity index (χ0n) is 17.9. The van der Waals surface area contributed by atoms with Crippen molar-refractivity contribution < 1.29 is 17.9 Å². The molecule has 1 amide bonds. The molecule has 1 aliphatic carbocycles. The van der Waals surface area contributed by atoms with Gasteiger partial charge >= 0.3 is 0 Å². The van der Waals surface area contributed by atoms with E-state index in [0.29, 0.717) is 36.2 Å². The Morgan fingerprint density at radius 3 is 2.43 bits per heavy atom. The summed E-state index contributed by atoms with van der Waals surface area (Å²) in [4.78, 5) is 15.0. The van der Waals surface area contributed by atoms with Gasteiger partial charge in [-0.2, -0.15) is 11.8 Å². The maximum Gasteiger partial charge on any atom is 0.257 e. The van der Waals surface area contributed by atoms with E-state index in [2.05, 4.69) is 4.72 Å². The Morgan fingerprint density at radius 1 is 1.10 bits per heavy atom. The average Bonchev–Trinajstić information content (AvgIpc) is 3.06. The molecule has 0 spiro atoms. The van der Waals surface area contributed by atoms with Crippen LogP contribution >= 0.6 is 11.8 Å². The van der Waals surface area contributed by atoms with Gasteiger partial charge in [-0.15, -0.1) is 0 Å². The highest BCUT2D eigenvalue weighted by molar-refractivity contribution is 8.00. The summed E-state index contributed by atoms with van der Waals surface area (Å²) in [5.41, 5.74) is 0.318. The summed E-state index contributed by atoms with van der Waals surface area (Å²) >= 11 is 1.86. The number of amides is 1. The third-order valence-corrected chi connectivity index (χ3v) is 8.75. The lowest BCUT2D eigenvalue weighted by molar-refractivity contribution is 0.0758. The van der Waals surface area contributed by atoms with E-state index >= 15 is 0 Å². The Kier molecular flexibility index (Phi) is 8.89. The maximum absolute atomic E-state index is 13.1. The Labute approximate surface area is 185 Å². The quantitative estimate of drug-likeness (QED) is 0.600. The standard InChI is InChI=1S/C22H34N2O4S2/c1-28-21-12-11-19(17-20(21)22(25)24-14-7-2-3-8-15-24)30(26,27)23-13-16-29-18-9-5-4-6-10-18/h11-12,17-18,23H,2-10,13-16H2,1H3. The first-order valence-electron chi connectivity index (χ1n) is 11.1. The predicted octanol–water partition coefficient (Wildman–Crippen LogP) is 4.06. The van der Waals surface area contributed by atoms with E-state index in [4.69, 9.17) is 4.74 Å². The third kappa shape index (κ3) is 6.37. The number of methoxy groups -OCH3 is 1. The molecule has 2 aliphatic rings. The van der Waals surface area contributed by atoms with Gasteiger partial charge in [0, 0.05) is 30.6 Å². The topological polar surface area (TPSA) is 75.7 Å². The van der Waals surface area contributed by atoms with Crippen molar-refractivity contribution in [3.63, 3.8) is 0 Å². The van der Waals surface area contributed by atoms with Crippen molar-refractivity contribution in [1.29, 1.82) is 0 Å². The van der Waals surface area contributed by atoms with Crippen LogP contribution in [-0.4, -0.2) is 57.0 Å². The normalized spacial score (nSPS) is 18.8. The number of likely N-dealkylation sites (tertiary alicyclic amines) is 1. The molecule has 30 heavy (non-hydrogen) atoms. The highest BCUT2D eigenvalue weighted by Gasteiger charge is 2.24. The van der Waals surface area contributed by atoms with E-state index in [1.165, 1.54) is 51.3 Å². The minimum atomic E-state index is -3.67. The first-order valence-corrected chi connectivity index (χ1v) is 13.6. The fraction of sp³-hybridized carbons (Fsp3) is 0.682. The van der Waals surface area contributed by atoms with Crippen molar-refractivity contribution in [3.8, 4) is 5.75 Å². The Balaban J connectivity index is 1.65. The molecule has 168 valence electrons. The monoisotopic (exact) mass is 454 g/mol. The number of rotatable bonds is 8. The second-order valence-corrected chi connectivity index (χ2v) is 11.3. The van der Waals surface area contributed by atoms with Gasteiger partial charge in [0.05, 0.1) is 17.6 Å². The molecule has 6 nitrogen and oxygen atoms in total. The van der Waals surface area contributed by atoms with E-state index in [1.54, 1.807) is 6.07 Å². The summed E-state index contributed by atoms with van der Waals surface area (Å²) in [6, 6.07) is 4.55. The molecule has 1 saturated heterocycles. The van der Waals surface area contributed by atoms with Gasteiger partial charge in [0.25, 0.3) is 5.91 Å². The van der Waals surface area contributed by atoms with Crippen LogP contribution in [0.4, 0.5) is 0 Å². The summed E-state index contributed by atoms with van der Waals surface area (Å²) in [6.07, 6.45) is 10.6. The van der Waals surface area contributed by atoms with Crippen molar-refractivity contribution in [2.45, 2.75) is 67.9 Å². The van der Waals surface area contributed by atoms with E-state index in [1.807, 2.05) is 16.7 Å². The third-order valence-electron chi connectivity index (χ3n) is 5.90. The maximum atomic E-state index is 13.1. The SMILES string of the molecule is COc1ccc(S(=O)(=O)NCCSC2CCCCC2)cc1C(=O)N1CCCCCC1. The lowest BCUT2D eigenvalue weighted by atomic mass is 10.0. The molecule has 1 saturated carbocycles. The number of carbonyl (C=O) groups excluding carboxylic acids is 1. The molecule has 3 rings (SSSR count). The zero-order valence-corrected chi connectivity index (χ0v) is 19.5. The van der Waals surface area contributed by atoms with Gasteiger partial charge in [-0.1, -0.05) is 32.1 Å². The van der Waals surface area contributed by atoms with Crippen LogP contribution in [0, 0.1) is 0 Å². The Bertz CT molecular complexity index is 799. The predicted molar refractivity (Wildman–Crippen MR) is 122 cm³/mol. The van der Waals surface area contributed by atoms with Crippen LogP contribution in [0.5, 0.6) is 5.75 Å². The van der Waals surface area contributed by atoms with E-state index in [0.717, 1.165) is 31.4 Å². The van der Waals surface area contributed by atoms with Crippen LogP contribution in [0.15, 0.2) is 23.1 Å². The summed E-state index contributed by atoms with van der Waals surface area (Å²) in [5, 5.41) is 0.655. The number of hydrogen-bond acceptors (Lipinski definition) is 5. The molecule has 1 heterocycles. The van der Waals surface area contributed by atoms with E-state index < -0.39 is 10.0 Å². The Morgan fingerprint density at radius 2 is 1.77 bits per heavy atom. The van der Waals surface area contributed by atoms with Gasteiger partial charge in [0.15, 0.2) is 0 Å². The molecule has 1 aromatic rings. The van der Waals surface area contributed by atoms with Crippen molar-refractivity contribution in [2.75, 3.05) is 32.5 Å². The number of hydrogen-bond donors (Lipinski definition) is 1. The molecule has 0 atom stereocenters. The van der Waals surface area contributed by atoms with Crippen molar-refractivity contribution in [2.24, 2.45) is 0 Å². The summed E-state index contributed by atoms with van der Waals surface area (Å²) in [7, 11) is -2.17. The van der Waals surface area contributed by atoms with Crippen molar-refractivity contribution >= 4 is 27.7 Å². The Hall–Kier alpha value is -1.25. The van der Waals surface area contributed by atoms with Gasteiger partial charge in [-0.3, -0.25) is 4.79 Å². The molecule has 8 heteroatoms. The molecular formula is C22H34N2O4S2. The van der Waals surface area contributed by atoms with Crippen LogP contribution in [0.25, 0.3) is 0 Å². The number of carbonyl (C=O) groups is 1. The summed E-state index contributed by atoms with van der Waals surface area (Å²) in [6.45, 7) is 1.80. The lowest BCUT2D eigenvalue weighted by Gasteiger charge is -2.22. The van der Waals surface area contributed by atoms with Gasteiger partial charge in [0.2, 0.25) is 10.0 Å². The van der Waals surface area contributed by atoms with Crippen LogP contribution in [0.1, 0.15) is 68.1 Å². The van der Waals surface area contributed by atoms with Crippen molar-refractivity contribution in [1.82, 2.24) is 9.62 Å². The number of nitrogens with one attached hydrogen (secondary N) is 1. The lowest BCUT2D eigenvalue weighted by Crippen LogP contribution is -2.32. The highest BCUT2D eigenvalue weighted by Crippen LogP contribution is 2.28. The van der Waals surface area contributed by atoms with E-state index in [-0.39, 0.29) is 10.8 Å². The fourth-order valence-electron chi connectivity index (χ4n) is 4.18. The van der Waals surface area contributed by atoms with Crippen LogP contribution < -0.4 is 9.46 Å². The first-order chi connectivity index (χ1) is 14.5. The number of nitrogens with zero attached hydrogens (tertiary/aromatic N) is 1. The van der Waals surface area contributed by atoms with Gasteiger partial charge < -0.3 is 9.64 Å². The molecule has 0 radical (unpaired) electrons. The van der Waals surface area contributed by atoms with Gasteiger partial charge in [0.1, 0.15) is 5.75 Å². The number of sulfonamides is 1. The first kappa shape index (κ1) is 23.4. The minimum absolute atomic E-state index is 0.115. The zero-order chi connectivity index (χ0) is 21.4. The fourth-order valence-corrected chi connectivity index (χ4v) is 6.59. The number of thioether (sulfide) groups is 1. The second kappa shape index (κ2) is 11.4. The van der Waals surface area contributed by atoms with Crippen molar-refractivity contribution in [3.05, 3.63) is 23.8 Å². The number of ether oxygens (including phenoxy) is 1. The van der Waals surface area contributed by atoms with E-state index in [9.17, 15) is 13.2 Å². The molecule has 0 aromatic heterocycles. The molecular weight excluding hydrogens is 420 g/mol. The van der Waals surface area contributed by atoms with Gasteiger partial charge in [-0.05, 0) is 43.9 Å². The number of benzene rings is 1. The average molecular weight is 455 g/mol. The van der Waals surface area contributed by atoms with Crippen LogP contribution in [0.3, 0.4) is 0 Å². The van der Waals surface area contributed by atoms with Crippen LogP contribution in [-0.2, 0) is 10.0 Å². The molecule has 1 N–H and O–H groups in total. The highest BCUT2D eigenvalue weighted by atomic mass is 32.2.